The molecule has 1 atom stereocenters. The van der Waals surface area contributed by atoms with Crippen LogP contribution in [0.3, 0.4) is 0 Å². The Balaban J connectivity index is 1.76. The van der Waals surface area contributed by atoms with Crippen LogP contribution in [0.5, 0.6) is 0 Å². The van der Waals surface area contributed by atoms with Crippen molar-refractivity contribution in [2.45, 2.75) is 21.6 Å². The SMILES string of the molecule is O=C(NCc1ccco1)c1cccc2c1C(S(=O)(=O)c1ccccc1)CS2(O)O. The van der Waals surface area contributed by atoms with Gasteiger partial charge in [0.25, 0.3) is 5.91 Å². The van der Waals surface area contributed by atoms with Gasteiger partial charge in [-0.25, -0.2) is 8.42 Å². The lowest BCUT2D eigenvalue weighted by Crippen LogP contribution is -2.25. The van der Waals surface area contributed by atoms with E-state index in [1.165, 1.54) is 36.6 Å². The molecule has 1 aliphatic rings. The number of nitrogens with one attached hydrogen (secondary N) is 1. The van der Waals surface area contributed by atoms with Crippen LogP contribution in [0.1, 0.15) is 26.9 Å². The second-order valence-electron chi connectivity index (χ2n) is 6.66. The van der Waals surface area contributed by atoms with Crippen molar-refractivity contribution in [3.63, 3.8) is 0 Å². The van der Waals surface area contributed by atoms with Gasteiger partial charge < -0.3 is 9.73 Å². The number of fused-ring (bicyclic) bond motifs is 1. The molecule has 9 heteroatoms. The standard InChI is InChI=1S/C20H19NO6S2/c22-20(21-12-14-6-5-11-27-14)16-9-4-10-17-19(16)18(13-28(17,23)24)29(25,26)15-7-2-1-3-8-15/h1-11,18,23-24H,12-13H2,(H,21,22). The zero-order chi connectivity index (χ0) is 20.6. The van der Waals surface area contributed by atoms with Crippen LogP contribution in [-0.4, -0.2) is 29.2 Å². The van der Waals surface area contributed by atoms with E-state index in [1.54, 1.807) is 30.3 Å². The van der Waals surface area contributed by atoms with Crippen LogP contribution in [0.4, 0.5) is 0 Å². The normalized spacial score (nSPS) is 18.8. The second kappa shape index (κ2) is 7.34. The molecule has 2 heterocycles. The lowest BCUT2D eigenvalue weighted by atomic mass is 10.0. The van der Waals surface area contributed by atoms with Gasteiger partial charge in [0.05, 0.1) is 28.4 Å². The van der Waals surface area contributed by atoms with E-state index in [4.69, 9.17) is 4.42 Å². The molecule has 4 rings (SSSR count). The van der Waals surface area contributed by atoms with Crippen molar-refractivity contribution < 1.29 is 26.7 Å². The van der Waals surface area contributed by atoms with E-state index in [1.807, 2.05) is 0 Å². The molecule has 0 spiro atoms. The molecule has 0 aliphatic carbocycles. The molecule has 0 saturated carbocycles. The summed E-state index contributed by atoms with van der Waals surface area (Å²) in [5.74, 6) is -0.338. The summed E-state index contributed by atoms with van der Waals surface area (Å²) >= 11 is 0. The monoisotopic (exact) mass is 433 g/mol. The summed E-state index contributed by atoms with van der Waals surface area (Å²) in [5.41, 5.74) is 0.254. The summed E-state index contributed by atoms with van der Waals surface area (Å²) in [7, 11) is -7.27. The third-order valence-electron chi connectivity index (χ3n) is 4.82. The number of rotatable bonds is 5. The van der Waals surface area contributed by atoms with Crippen LogP contribution >= 0.6 is 10.6 Å². The fourth-order valence-corrected chi connectivity index (χ4v) is 7.90. The maximum Gasteiger partial charge on any atom is 0.252 e. The van der Waals surface area contributed by atoms with Gasteiger partial charge >= 0.3 is 0 Å². The maximum atomic E-state index is 13.2. The molecule has 29 heavy (non-hydrogen) atoms. The Labute approximate surface area is 169 Å². The van der Waals surface area contributed by atoms with E-state index in [9.17, 15) is 22.3 Å². The number of amides is 1. The van der Waals surface area contributed by atoms with Crippen molar-refractivity contribution in [2.24, 2.45) is 0 Å². The lowest BCUT2D eigenvalue weighted by molar-refractivity contribution is 0.0947. The number of furan rings is 1. The van der Waals surface area contributed by atoms with Crippen LogP contribution in [0.25, 0.3) is 0 Å². The van der Waals surface area contributed by atoms with Crippen LogP contribution in [-0.2, 0) is 16.4 Å². The first-order valence-corrected chi connectivity index (χ1v) is 12.1. The molecular formula is C20H19NO6S2. The predicted molar refractivity (Wildman–Crippen MR) is 109 cm³/mol. The van der Waals surface area contributed by atoms with Gasteiger partial charge in [-0.1, -0.05) is 24.3 Å². The van der Waals surface area contributed by atoms with Gasteiger partial charge in [-0.2, -0.15) is 10.6 Å². The van der Waals surface area contributed by atoms with Crippen molar-refractivity contribution in [1.29, 1.82) is 0 Å². The Hall–Kier alpha value is -2.59. The first-order chi connectivity index (χ1) is 13.8. The fourth-order valence-electron chi connectivity index (χ4n) is 3.44. The molecule has 3 N–H and O–H groups in total. The molecule has 0 bridgehead atoms. The van der Waals surface area contributed by atoms with Crippen LogP contribution in [0, 0.1) is 0 Å². The number of hydrogen-bond donors (Lipinski definition) is 3. The number of sulfone groups is 1. The maximum absolute atomic E-state index is 13.2. The van der Waals surface area contributed by atoms with Crippen molar-refractivity contribution in [3.05, 3.63) is 83.8 Å². The molecule has 1 aliphatic heterocycles. The highest BCUT2D eigenvalue weighted by atomic mass is 32.3. The Morgan fingerprint density at radius 3 is 2.52 bits per heavy atom. The zero-order valence-corrected chi connectivity index (χ0v) is 16.8. The Kier molecular flexibility index (Phi) is 4.99. The summed E-state index contributed by atoms with van der Waals surface area (Å²) in [4.78, 5) is 13.0. The summed E-state index contributed by atoms with van der Waals surface area (Å²) < 4.78 is 52.8. The molecule has 7 nitrogen and oxygen atoms in total. The minimum atomic E-state index is -3.94. The Morgan fingerprint density at radius 2 is 1.83 bits per heavy atom. The van der Waals surface area contributed by atoms with Gasteiger partial charge in [0.1, 0.15) is 11.0 Å². The van der Waals surface area contributed by atoms with Crippen LogP contribution < -0.4 is 5.32 Å². The number of carbonyl (C=O) groups excluding carboxylic acids is 1. The number of carbonyl (C=O) groups is 1. The molecule has 3 aromatic rings. The molecule has 0 saturated heterocycles. The van der Waals surface area contributed by atoms with E-state index in [-0.39, 0.29) is 33.2 Å². The first kappa shape index (κ1) is 19.7. The van der Waals surface area contributed by atoms with Gasteiger partial charge in [0, 0.05) is 11.1 Å². The van der Waals surface area contributed by atoms with E-state index in [0.717, 1.165) is 0 Å². The summed E-state index contributed by atoms with van der Waals surface area (Å²) in [6, 6.07) is 15.7. The van der Waals surface area contributed by atoms with E-state index in [0.29, 0.717) is 5.76 Å². The highest BCUT2D eigenvalue weighted by molar-refractivity contribution is 8.25. The van der Waals surface area contributed by atoms with Gasteiger partial charge in [-0.05, 0) is 36.4 Å². The molecule has 2 aromatic carbocycles. The molecule has 1 aromatic heterocycles. The van der Waals surface area contributed by atoms with Crippen molar-refractivity contribution in [3.8, 4) is 0 Å². The number of hydrogen-bond acceptors (Lipinski definition) is 6. The molecule has 1 amide bonds. The molecular weight excluding hydrogens is 414 g/mol. The Bertz CT molecular complexity index is 1140. The van der Waals surface area contributed by atoms with Crippen LogP contribution in [0.15, 0.2) is 81.1 Å². The van der Waals surface area contributed by atoms with Crippen LogP contribution in [0.2, 0.25) is 0 Å². The van der Waals surface area contributed by atoms with Crippen molar-refractivity contribution >= 4 is 26.3 Å². The molecule has 0 radical (unpaired) electrons. The molecule has 1 unspecified atom stereocenters. The smallest absolute Gasteiger partial charge is 0.252 e. The van der Waals surface area contributed by atoms with Gasteiger partial charge in [0.2, 0.25) is 0 Å². The zero-order valence-electron chi connectivity index (χ0n) is 15.2. The molecule has 152 valence electrons. The van der Waals surface area contributed by atoms with Gasteiger partial charge in [0.15, 0.2) is 9.84 Å². The predicted octanol–water partition coefficient (Wildman–Crippen LogP) is 3.85. The lowest BCUT2D eigenvalue weighted by Gasteiger charge is -2.27. The topological polar surface area (TPSA) is 117 Å². The second-order valence-corrected chi connectivity index (χ2v) is 10.9. The summed E-state index contributed by atoms with van der Waals surface area (Å²) in [6.07, 6.45) is 1.49. The minimum Gasteiger partial charge on any atom is -0.467 e. The van der Waals surface area contributed by atoms with Crippen molar-refractivity contribution in [2.75, 3.05) is 5.75 Å². The van der Waals surface area contributed by atoms with Crippen molar-refractivity contribution in [1.82, 2.24) is 5.32 Å². The van der Waals surface area contributed by atoms with E-state index >= 15 is 0 Å². The Morgan fingerprint density at radius 1 is 1.07 bits per heavy atom. The summed E-state index contributed by atoms with van der Waals surface area (Å²) in [5, 5.41) is 1.46. The fraction of sp³-hybridized carbons (Fsp3) is 0.150. The third-order valence-corrected chi connectivity index (χ3v) is 8.97. The van der Waals surface area contributed by atoms with Gasteiger partial charge in [-0.3, -0.25) is 13.9 Å². The number of benzene rings is 2. The van der Waals surface area contributed by atoms with E-state index in [2.05, 4.69) is 5.32 Å². The average molecular weight is 434 g/mol. The minimum absolute atomic E-state index is 0.0684. The largest absolute Gasteiger partial charge is 0.467 e. The quantitative estimate of drug-likeness (QED) is 0.563. The van der Waals surface area contributed by atoms with Gasteiger partial charge in [-0.15, -0.1) is 0 Å². The summed E-state index contributed by atoms with van der Waals surface area (Å²) in [6.45, 7) is 0.127. The molecule has 0 fully saturated rings. The average Bonchev–Trinajstić information content (AvgIpc) is 3.33. The van der Waals surface area contributed by atoms with E-state index < -0.39 is 31.6 Å². The highest BCUT2D eigenvalue weighted by Crippen LogP contribution is 2.62. The first-order valence-electron chi connectivity index (χ1n) is 8.79. The third kappa shape index (κ3) is 3.58. The highest BCUT2D eigenvalue weighted by Gasteiger charge is 2.45.